The minimum absolute atomic E-state index is 0.868. The second-order valence-electron chi connectivity index (χ2n) is 7.33. The van der Waals surface area contributed by atoms with E-state index in [1.807, 2.05) is 0 Å². The summed E-state index contributed by atoms with van der Waals surface area (Å²) in [6.45, 7) is 12.8. The van der Waals surface area contributed by atoms with E-state index >= 15 is 0 Å². The Labute approximate surface area is 167 Å². The van der Waals surface area contributed by atoms with Crippen LogP contribution in [0.2, 0.25) is 0 Å². The number of thioether (sulfide) groups is 1. The second kappa shape index (κ2) is 8.06. The van der Waals surface area contributed by atoms with Crippen molar-refractivity contribution in [1.29, 1.82) is 0 Å². The lowest BCUT2D eigenvalue weighted by atomic mass is 9.99. The van der Waals surface area contributed by atoms with Gasteiger partial charge in [0, 0.05) is 10.6 Å². The Bertz CT molecular complexity index is 1040. The summed E-state index contributed by atoms with van der Waals surface area (Å²) in [6.07, 6.45) is 0.935. The molecule has 0 amide bonds. The number of benzene rings is 3. The van der Waals surface area contributed by atoms with Gasteiger partial charge in [0.1, 0.15) is 0 Å². The normalized spacial score (nSPS) is 11.8. The monoisotopic (exact) mass is 373 g/mol. The Kier molecular flexibility index (Phi) is 5.76. The third-order valence-corrected chi connectivity index (χ3v) is 6.06. The van der Waals surface area contributed by atoms with Crippen LogP contribution < -0.4 is 5.73 Å². The van der Waals surface area contributed by atoms with E-state index in [1.54, 1.807) is 11.8 Å². The Morgan fingerprint density at radius 3 is 2.56 bits per heavy atom. The van der Waals surface area contributed by atoms with Gasteiger partial charge in [-0.15, -0.1) is 0 Å². The van der Waals surface area contributed by atoms with E-state index in [0.29, 0.717) is 0 Å². The van der Waals surface area contributed by atoms with Crippen molar-refractivity contribution >= 4 is 33.1 Å². The number of hydrogen-bond acceptors (Lipinski definition) is 2. The average Bonchev–Trinajstić information content (AvgIpc) is 2.64. The lowest BCUT2D eigenvalue weighted by molar-refractivity contribution is 1.11. The summed E-state index contributed by atoms with van der Waals surface area (Å²) in [5, 5.41) is 4.79. The zero-order valence-electron chi connectivity index (χ0n) is 16.6. The summed E-state index contributed by atoms with van der Waals surface area (Å²) in [7, 11) is 0. The maximum Gasteiger partial charge on any atom is 0.0346 e. The van der Waals surface area contributed by atoms with E-state index in [2.05, 4.69) is 88.2 Å². The highest BCUT2D eigenvalue weighted by atomic mass is 32.2. The first-order valence-electron chi connectivity index (χ1n) is 9.21. The third kappa shape index (κ3) is 4.45. The number of rotatable bonds is 5. The first kappa shape index (κ1) is 19.3. The molecule has 0 aliphatic carbocycles. The first-order valence-corrected chi connectivity index (χ1v) is 10.1. The number of nitrogen functional groups attached to an aromatic ring is 1. The van der Waals surface area contributed by atoms with Crippen LogP contribution in [0.5, 0.6) is 0 Å². The molecule has 27 heavy (non-hydrogen) atoms. The van der Waals surface area contributed by atoms with E-state index in [4.69, 9.17) is 5.73 Å². The molecule has 0 radical (unpaired) electrons. The largest absolute Gasteiger partial charge is 0.399 e. The minimum atomic E-state index is 0.868. The van der Waals surface area contributed by atoms with Crippen molar-refractivity contribution in [2.24, 2.45) is 0 Å². The zero-order valence-corrected chi connectivity index (χ0v) is 17.4. The van der Waals surface area contributed by atoms with Crippen LogP contribution >= 0.6 is 11.8 Å². The van der Waals surface area contributed by atoms with Crippen molar-refractivity contribution in [1.82, 2.24) is 0 Å². The summed E-state index contributed by atoms with van der Waals surface area (Å²) >= 11 is 1.70. The van der Waals surface area contributed by atoms with Gasteiger partial charge in [-0.2, -0.15) is 0 Å². The molecule has 0 aliphatic heterocycles. The van der Waals surface area contributed by atoms with Gasteiger partial charge in [-0.05, 0) is 90.2 Å². The van der Waals surface area contributed by atoms with Crippen LogP contribution in [0.1, 0.15) is 34.7 Å². The third-order valence-electron chi connectivity index (χ3n) is 5.02. The summed E-state index contributed by atoms with van der Waals surface area (Å²) in [5.41, 5.74) is 14.4. The quantitative estimate of drug-likeness (QED) is 0.479. The molecule has 3 rings (SSSR count). The average molecular weight is 374 g/mol. The molecule has 0 aromatic heterocycles. The molecule has 0 bridgehead atoms. The standard InChI is InChI=1S/C25H27NS/c1-16(11-23-12-19(4)25(26)13-18(23)3)15-27-20(5)21-9-10-24-17(2)7-6-8-22(24)14-21/h6-10,12-15H,5,11,26H2,1-4H3/b16-15+. The van der Waals surface area contributed by atoms with Crippen LogP contribution in [0.25, 0.3) is 15.7 Å². The smallest absolute Gasteiger partial charge is 0.0346 e. The lowest BCUT2D eigenvalue weighted by Gasteiger charge is -2.11. The Morgan fingerprint density at radius 1 is 1.00 bits per heavy atom. The van der Waals surface area contributed by atoms with Crippen molar-refractivity contribution in [2.75, 3.05) is 5.73 Å². The molecule has 0 fully saturated rings. The van der Waals surface area contributed by atoms with E-state index in [0.717, 1.165) is 22.6 Å². The van der Waals surface area contributed by atoms with Crippen LogP contribution in [0.15, 0.2) is 66.1 Å². The molecule has 0 saturated carbocycles. The Morgan fingerprint density at radius 2 is 1.78 bits per heavy atom. The second-order valence-corrected chi connectivity index (χ2v) is 8.29. The molecule has 0 aliphatic rings. The molecule has 2 N–H and O–H groups in total. The van der Waals surface area contributed by atoms with Crippen molar-refractivity contribution in [2.45, 2.75) is 34.1 Å². The number of hydrogen-bond donors (Lipinski definition) is 1. The predicted molar refractivity (Wildman–Crippen MR) is 123 cm³/mol. The molecule has 138 valence electrons. The number of allylic oxidation sites excluding steroid dienone is 1. The van der Waals surface area contributed by atoms with E-state index in [1.165, 1.54) is 38.6 Å². The predicted octanol–water partition coefficient (Wildman–Crippen LogP) is 7.20. The van der Waals surface area contributed by atoms with E-state index in [9.17, 15) is 0 Å². The molecule has 0 heterocycles. The first-order chi connectivity index (χ1) is 12.8. The molecule has 0 atom stereocenters. The maximum absolute atomic E-state index is 6.00. The molecule has 3 aromatic carbocycles. The lowest BCUT2D eigenvalue weighted by Crippen LogP contribution is -1.96. The molecule has 1 nitrogen and oxygen atoms in total. The van der Waals surface area contributed by atoms with Crippen LogP contribution in [0.4, 0.5) is 5.69 Å². The van der Waals surface area contributed by atoms with Gasteiger partial charge in [0.25, 0.3) is 0 Å². The van der Waals surface area contributed by atoms with Crippen molar-refractivity contribution < 1.29 is 0 Å². The van der Waals surface area contributed by atoms with Gasteiger partial charge >= 0.3 is 0 Å². The molecular weight excluding hydrogens is 346 g/mol. The summed E-state index contributed by atoms with van der Waals surface area (Å²) in [6, 6.07) is 17.3. The highest BCUT2D eigenvalue weighted by Gasteiger charge is 2.05. The van der Waals surface area contributed by atoms with Crippen LogP contribution in [-0.4, -0.2) is 0 Å². The highest BCUT2D eigenvalue weighted by Crippen LogP contribution is 2.31. The number of anilines is 1. The Balaban J connectivity index is 1.73. The molecule has 3 aromatic rings. The maximum atomic E-state index is 6.00. The van der Waals surface area contributed by atoms with Gasteiger partial charge in [-0.1, -0.05) is 60.3 Å². The fraction of sp³-hybridized carbons (Fsp3) is 0.200. The van der Waals surface area contributed by atoms with Gasteiger partial charge in [-0.25, -0.2) is 0 Å². The SMILES string of the molecule is C=C(S/C=C(\C)Cc1cc(C)c(N)cc1C)c1ccc2c(C)cccc2c1. The van der Waals surface area contributed by atoms with E-state index < -0.39 is 0 Å². The number of aryl methyl sites for hydroxylation is 3. The van der Waals surface area contributed by atoms with Crippen LogP contribution in [-0.2, 0) is 6.42 Å². The van der Waals surface area contributed by atoms with Gasteiger partial charge in [0.2, 0.25) is 0 Å². The van der Waals surface area contributed by atoms with Crippen molar-refractivity contribution in [3.63, 3.8) is 0 Å². The molecular formula is C25H27NS. The Hall–Kier alpha value is -2.45. The molecule has 2 heteroatoms. The fourth-order valence-corrected chi connectivity index (χ4v) is 3.98. The van der Waals surface area contributed by atoms with E-state index in [-0.39, 0.29) is 0 Å². The minimum Gasteiger partial charge on any atom is -0.399 e. The van der Waals surface area contributed by atoms with Gasteiger partial charge in [0.05, 0.1) is 0 Å². The summed E-state index contributed by atoms with van der Waals surface area (Å²) in [4.78, 5) is 1.07. The zero-order chi connectivity index (χ0) is 19.6. The van der Waals surface area contributed by atoms with Crippen molar-refractivity contribution in [3.8, 4) is 0 Å². The van der Waals surface area contributed by atoms with Crippen LogP contribution in [0.3, 0.4) is 0 Å². The highest BCUT2D eigenvalue weighted by molar-refractivity contribution is 8.10. The molecule has 0 saturated heterocycles. The summed E-state index contributed by atoms with van der Waals surface area (Å²) < 4.78 is 0. The van der Waals surface area contributed by atoms with Crippen LogP contribution in [0, 0.1) is 20.8 Å². The van der Waals surface area contributed by atoms with Gasteiger partial charge in [-0.3, -0.25) is 0 Å². The molecule has 0 unspecified atom stereocenters. The number of nitrogens with two attached hydrogens (primary N) is 1. The summed E-state index contributed by atoms with van der Waals surface area (Å²) in [5.74, 6) is 0. The molecule has 0 spiro atoms. The van der Waals surface area contributed by atoms with Gasteiger partial charge < -0.3 is 5.73 Å². The fourth-order valence-electron chi connectivity index (χ4n) is 3.29. The van der Waals surface area contributed by atoms with Crippen molar-refractivity contribution in [3.05, 3.63) is 93.9 Å². The topological polar surface area (TPSA) is 26.0 Å². The van der Waals surface area contributed by atoms with Gasteiger partial charge in [0.15, 0.2) is 0 Å². The number of fused-ring (bicyclic) bond motifs is 1.